The van der Waals surface area contributed by atoms with Crippen LogP contribution in [0.1, 0.15) is 44.6 Å². The summed E-state index contributed by atoms with van der Waals surface area (Å²) >= 11 is 1.58. The number of thiophene rings is 1. The lowest BCUT2D eigenvalue weighted by Crippen LogP contribution is -2.10. The van der Waals surface area contributed by atoms with Gasteiger partial charge in [0.2, 0.25) is 0 Å². The van der Waals surface area contributed by atoms with Gasteiger partial charge in [-0.05, 0) is 62.1 Å². The maximum Gasteiger partial charge on any atom is 0.265 e. The quantitative estimate of drug-likeness (QED) is 0.853. The van der Waals surface area contributed by atoms with Gasteiger partial charge >= 0.3 is 0 Å². The van der Waals surface area contributed by atoms with Crippen LogP contribution in [0.2, 0.25) is 0 Å². The van der Waals surface area contributed by atoms with Crippen LogP contribution in [-0.4, -0.2) is 5.91 Å². The Bertz CT molecular complexity index is 628. The van der Waals surface area contributed by atoms with Gasteiger partial charge < -0.3 is 5.32 Å². The highest BCUT2D eigenvalue weighted by atomic mass is 32.1. The van der Waals surface area contributed by atoms with Gasteiger partial charge in [0.05, 0.1) is 4.88 Å². The molecule has 1 aromatic heterocycles. The lowest BCUT2D eigenvalue weighted by atomic mass is 10.1. The number of benzene rings is 1. The van der Waals surface area contributed by atoms with E-state index in [1.54, 1.807) is 11.3 Å². The molecule has 0 aliphatic rings. The summed E-state index contributed by atoms with van der Waals surface area (Å²) in [6.07, 6.45) is 2.15. The molecule has 1 amide bonds. The second-order valence-electron chi connectivity index (χ2n) is 5.20. The molecule has 2 aromatic rings. The summed E-state index contributed by atoms with van der Waals surface area (Å²) in [5.74, 6) is -0.0105. The first-order valence-electron chi connectivity index (χ1n) is 6.99. The Hall–Kier alpha value is -1.61. The Kier molecular flexibility index (Phi) is 4.61. The summed E-state index contributed by atoms with van der Waals surface area (Å²) in [7, 11) is 0. The van der Waals surface area contributed by atoms with Crippen molar-refractivity contribution in [3.8, 4) is 0 Å². The molecule has 0 bridgehead atoms. The molecule has 1 aromatic carbocycles. The maximum absolute atomic E-state index is 12.3. The predicted octanol–water partition coefficient (Wildman–Crippen LogP) is 4.88. The highest BCUT2D eigenvalue weighted by Gasteiger charge is 2.12. The monoisotopic (exact) mass is 287 g/mol. The molecule has 0 aliphatic heterocycles. The number of hydrogen-bond donors (Lipinski definition) is 1. The summed E-state index contributed by atoms with van der Waals surface area (Å²) in [4.78, 5) is 14.3. The number of nitrogens with one attached hydrogen (secondary N) is 1. The Labute approximate surface area is 124 Å². The van der Waals surface area contributed by atoms with Crippen molar-refractivity contribution < 1.29 is 4.79 Å². The normalized spacial score (nSPS) is 10.6. The third-order valence-corrected chi connectivity index (χ3v) is 4.62. The molecule has 0 aliphatic carbocycles. The van der Waals surface area contributed by atoms with Crippen LogP contribution in [0.25, 0.3) is 0 Å². The average molecular weight is 287 g/mol. The molecule has 0 unspecified atom stereocenters. The van der Waals surface area contributed by atoms with E-state index in [2.05, 4.69) is 33.0 Å². The van der Waals surface area contributed by atoms with Crippen LogP contribution >= 0.6 is 11.3 Å². The molecule has 2 nitrogen and oxygen atoms in total. The van der Waals surface area contributed by atoms with Crippen LogP contribution in [0, 0.1) is 20.8 Å². The van der Waals surface area contributed by atoms with Crippen molar-refractivity contribution in [3.63, 3.8) is 0 Å². The van der Waals surface area contributed by atoms with Gasteiger partial charge in [-0.2, -0.15) is 0 Å². The first kappa shape index (κ1) is 14.8. The number of amides is 1. The fraction of sp³-hybridized carbons (Fsp3) is 0.353. The third-order valence-electron chi connectivity index (χ3n) is 3.53. The molecule has 20 heavy (non-hydrogen) atoms. The summed E-state index contributed by atoms with van der Waals surface area (Å²) in [5.41, 5.74) is 4.58. The van der Waals surface area contributed by atoms with Gasteiger partial charge in [-0.3, -0.25) is 4.79 Å². The largest absolute Gasteiger partial charge is 0.321 e. The minimum atomic E-state index is -0.0105. The molecular formula is C17H21NOS. The summed E-state index contributed by atoms with van der Waals surface area (Å²) in [6, 6.07) is 8.03. The second-order valence-corrected chi connectivity index (χ2v) is 6.45. The van der Waals surface area contributed by atoms with Crippen LogP contribution in [0.3, 0.4) is 0 Å². The Balaban J connectivity index is 2.15. The van der Waals surface area contributed by atoms with Gasteiger partial charge in [-0.25, -0.2) is 0 Å². The maximum atomic E-state index is 12.3. The van der Waals surface area contributed by atoms with Gasteiger partial charge in [-0.15, -0.1) is 11.3 Å². The zero-order chi connectivity index (χ0) is 14.7. The zero-order valence-electron chi connectivity index (χ0n) is 12.5. The first-order chi connectivity index (χ1) is 9.51. The number of hydrogen-bond acceptors (Lipinski definition) is 2. The SMILES string of the molecule is CCCc1cc(C(=O)Nc2ccc(C)c(C)c2)sc1C. The number of carbonyl (C=O) groups is 1. The Morgan fingerprint density at radius 3 is 2.55 bits per heavy atom. The molecule has 0 atom stereocenters. The Morgan fingerprint density at radius 2 is 1.90 bits per heavy atom. The van der Waals surface area contributed by atoms with Crippen molar-refractivity contribution in [1.82, 2.24) is 0 Å². The van der Waals surface area contributed by atoms with E-state index in [1.807, 2.05) is 24.3 Å². The molecule has 1 N–H and O–H groups in total. The minimum absolute atomic E-state index is 0.0105. The van der Waals surface area contributed by atoms with Crippen LogP contribution in [0.15, 0.2) is 24.3 Å². The molecule has 2 rings (SSSR count). The smallest absolute Gasteiger partial charge is 0.265 e. The number of rotatable bonds is 4. The van der Waals surface area contributed by atoms with E-state index in [-0.39, 0.29) is 5.91 Å². The van der Waals surface area contributed by atoms with Crippen molar-refractivity contribution >= 4 is 22.9 Å². The van der Waals surface area contributed by atoms with E-state index in [4.69, 9.17) is 0 Å². The van der Waals surface area contributed by atoms with E-state index in [0.29, 0.717) is 0 Å². The molecule has 0 radical (unpaired) electrons. The topological polar surface area (TPSA) is 29.1 Å². The molecule has 3 heteroatoms. The van der Waals surface area contributed by atoms with Crippen molar-refractivity contribution in [2.45, 2.75) is 40.5 Å². The number of carbonyl (C=O) groups excluding carboxylic acids is 1. The van der Waals surface area contributed by atoms with Crippen LogP contribution in [-0.2, 0) is 6.42 Å². The molecule has 0 spiro atoms. The molecule has 0 fully saturated rings. The highest BCUT2D eigenvalue weighted by molar-refractivity contribution is 7.14. The molecule has 0 saturated heterocycles. The van der Waals surface area contributed by atoms with Gasteiger partial charge in [0, 0.05) is 10.6 Å². The standard InChI is InChI=1S/C17H21NOS/c1-5-6-14-10-16(20-13(14)4)17(19)18-15-8-7-11(2)12(3)9-15/h7-10H,5-6H2,1-4H3,(H,18,19). The van der Waals surface area contributed by atoms with Crippen LogP contribution in [0.5, 0.6) is 0 Å². The lowest BCUT2D eigenvalue weighted by Gasteiger charge is -2.06. The van der Waals surface area contributed by atoms with Crippen LogP contribution < -0.4 is 5.32 Å². The Morgan fingerprint density at radius 1 is 1.15 bits per heavy atom. The number of anilines is 1. The summed E-state index contributed by atoms with van der Waals surface area (Å²) < 4.78 is 0. The molecule has 106 valence electrons. The predicted molar refractivity (Wildman–Crippen MR) is 86.9 cm³/mol. The van der Waals surface area contributed by atoms with E-state index < -0.39 is 0 Å². The van der Waals surface area contributed by atoms with Crippen LogP contribution in [0.4, 0.5) is 5.69 Å². The number of aryl methyl sites for hydroxylation is 4. The van der Waals surface area contributed by atoms with E-state index >= 15 is 0 Å². The third kappa shape index (κ3) is 3.28. The van der Waals surface area contributed by atoms with E-state index in [0.717, 1.165) is 23.4 Å². The van der Waals surface area contributed by atoms with Gasteiger partial charge in [0.1, 0.15) is 0 Å². The zero-order valence-corrected chi connectivity index (χ0v) is 13.4. The van der Waals surface area contributed by atoms with Gasteiger partial charge in [-0.1, -0.05) is 19.4 Å². The first-order valence-corrected chi connectivity index (χ1v) is 7.80. The molecule has 1 heterocycles. The average Bonchev–Trinajstić information content (AvgIpc) is 2.76. The summed E-state index contributed by atoms with van der Waals surface area (Å²) in [5, 5.41) is 2.98. The van der Waals surface area contributed by atoms with E-state index in [1.165, 1.54) is 21.6 Å². The fourth-order valence-corrected chi connectivity index (χ4v) is 3.13. The van der Waals surface area contributed by atoms with Crippen molar-refractivity contribution in [3.05, 3.63) is 50.7 Å². The fourth-order valence-electron chi connectivity index (χ4n) is 2.16. The lowest BCUT2D eigenvalue weighted by molar-refractivity contribution is 0.103. The van der Waals surface area contributed by atoms with Gasteiger partial charge in [0.25, 0.3) is 5.91 Å². The van der Waals surface area contributed by atoms with Crippen molar-refractivity contribution in [2.75, 3.05) is 5.32 Å². The molecule has 0 saturated carbocycles. The highest BCUT2D eigenvalue weighted by Crippen LogP contribution is 2.24. The van der Waals surface area contributed by atoms with E-state index in [9.17, 15) is 4.79 Å². The van der Waals surface area contributed by atoms with Crippen molar-refractivity contribution in [2.24, 2.45) is 0 Å². The van der Waals surface area contributed by atoms with Crippen molar-refractivity contribution in [1.29, 1.82) is 0 Å². The second kappa shape index (κ2) is 6.23. The summed E-state index contributed by atoms with van der Waals surface area (Å²) in [6.45, 7) is 8.37. The molecular weight excluding hydrogens is 266 g/mol. The minimum Gasteiger partial charge on any atom is -0.321 e. The van der Waals surface area contributed by atoms with Gasteiger partial charge in [0.15, 0.2) is 0 Å².